The molecule has 2 atom stereocenters. The van der Waals surface area contributed by atoms with Gasteiger partial charge >= 0.3 is 0 Å². The van der Waals surface area contributed by atoms with Crippen LogP contribution in [0.4, 0.5) is 0 Å². The van der Waals surface area contributed by atoms with Crippen LogP contribution in [0.3, 0.4) is 0 Å². The lowest BCUT2D eigenvalue weighted by atomic mass is 9.81. The van der Waals surface area contributed by atoms with Crippen LogP contribution in [-0.4, -0.2) is 13.2 Å². The zero-order valence-electron chi connectivity index (χ0n) is 10.6. The van der Waals surface area contributed by atoms with Gasteiger partial charge in [-0.25, -0.2) is 0 Å². The molecule has 0 bridgehead atoms. The fraction of sp³-hybridized carbons (Fsp3) is 0.600. The molecule has 2 unspecified atom stereocenters. The summed E-state index contributed by atoms with van der Waals surface area (Å²) in [6.45, 7) is 0. The largest absolute Gasteiger partial charge is 0.379 e. The minimum atomic E-state index is 0.00398. The normalized spacial score (nSPS) is 21.1. The van der Waals surface area contributed by atoms with Crippen LogP contribution in [0.2, 0.25) is 0 Å². The van der Waals surface area contributed by atoms with Crippen molar-refractivity contribution in [2.24, 2.45) is 11.7 Å². The zero-order valence-corrected chi connectivity index (χ0v) is 10.6. The van der Waals surface area contributed by atoms with E-state index >= 15 is 0 Å². The minimum Gasteiger partial charge on any atom is -0.379 e. The summed E-state index contributed by atoms with van der Waals surface area (Å²) in [6, 6.07) is 10.3. The van der Waals surface area contributed by atoms with E-state index in [0.717, 1.165) is 0 Å². The molecule has 94 valence electrons. The Bertz CT molecular complexity index is 319. The Kier molecular flexibility index (Phi) is 4.57. The molecule has 1 saturated carbocycles. The lowest BCUT2D eigenvalue weighted by Crippen LogP contribution is -2.35. The maximum Gasteiger partial charge on any atom is 0.0791 e. The van der Waals surface area contributed by atoms with Crippen LogP contribution in [0.5, 0.6) is 0 Å². The van der Waals surface area contributed by atoms with Gasteiger partial charge in [0.1, 0.15) is 0 Å². The third-order valence-corrected chi connectivity index (χ3v) is 3.93. The SMILES string of the molecule is COC(C1CCCCC1)C(N)c1ccccc1. The van der Waals surface area contributed by atoms with Gasteiger partial charge in [-0.1, -0.05) is 49.6 Å². The molecule has 0 saturated heterocycles. The van der Waals surface area contributed by atoms with Gasteiger partial charge in [0.25, 0.3) is 0 Å². The molecular formula is C15H23NO. The zero-order chi connectivity index (χ0) is 12.1. The highest BCUT2D eigenvalue weighted by Crippen LogP contribution is 2.32. The molecular weight excluding hydrogens is 210 g/mol. The first-order valence-electron chi connectivity index (χ1n) is 6.66. The molecule has 1 fully saturated rings. The summed E-state index contributed by atoms with van der Waals surface area (Å²) in [5, 5.41) is 0. The van der Waals surface area contributed by atoms with E-state index in [-0.39, 0.29) is 12.1 Å². The number of benzene rings is 1. The van der Waals surface area contributed by atoms with E-state index in [1.807, 2.05) is 18.2 Å². The van der Waals surface area contributed by atoms with Gasteiger partial charge in [0.05, 0.1) is 12.1 Å². The molecule has 17 heavy (non-hydrogen) atoms. The predicted octanol–water partition coefficient (Wildman–Crippen LogP) is 3.28. The molecule has 2 N–H and O–H groups in total. The standard InChI is InChI=1S/C15H23NO/c1-17-15(13-10-6-3-7-11-13)14(16)12-8-4-2-5-9-12/h2,4-5,8-9,13-15H,3,6-7,10-11,16H2,1H3. The molecule has 0 aromatic heterocycles. The fourth-order valence-corrected chi connectivity index (χ4v) is 2.96. The van der Waals surface area contributed by atoms with E-state index in [4.69, 9.17) is 10.5 Å². The van der Waals surface area contributed by atoms with Gasteiger partial charge in [0, 0.05) is 7.11 Å². The molecule has 1 aliphatic carbocycles. The number of methoxy groups -OCH3 is 1. The van der Waals surface area contributed by atoms with Crippen molar-refractivity contribution >= 4 is 0 Å². The third-order valence-electron chi connectivity index (χ3n) is 3.93. The minimum absolute atomic E-state index is 0.00398. The second-order valence-electron chi connectivity index (χ2n) is 5.03. The first kappa shape index (κ1) is 12.6. The van der Waals surface area contributed by atoms with Crippen LogP contribution in [0, 0.1) is 5.92 Å². The van der Waals surface area contributed by atoms with E-state index in [1.54, 1.807) is 7.11 Å². The fourth-order valence-electron chi connectivity index (χ4n) is 2.96. The van der Waals surface area contributed by atoms with E-state index in [9.17, 15) is 0 Å². The van der Waals surface area contributed by atoms with E-state index in [2.05, 4.69) is 12.1 Å². The molecule has 1 aromatic rings. The van der Waals surface area contributed by atoms with Gasteiger partial charge < -0.3 is 10.5 Å². The maximum atomic E-state index is 6.36. The van der Waals surface area contributed by atoms with Crippen molar-refractivity contribution < 1.29 is 4.74 Å². The second-order valence-corrected chi connectivity index (χ2v) is 5.03. The summed E-state index contributed by atoms with van der Waals surface area (Å²) < 4.78 is 5.68. The Hall–Kier alpha value is -0.860. The average molecular weight is 233 g/mol. The van der Waals surface area contributed by atoms with Gasteiger partial charge in [0.2, 0.25) is 0 Å². The predicted molar refractivity (Wildman–Crippen MR) is 70.7 cm³/mol. The van der Waals surface area contributed by atoms with E-state index in [1.165, 1.54) is 37.7 Å². The Morgan fingerprint density at radius 1 is 1.12 bits per heavy atom. The molecule has 2 rings (SSSR count). The Morgan fingerprint density at radius 2 is 1.76 bits per heavy atom. The Balaban J connectivity index is 2.06. The van der Waals surface area contributed by atoms with Crippen LogP contribution in [-0.2, 0) is 4.74 Å². The monoisotopic (exact) mass is 233 g/mol. The molecule has 0 heterocycles. The summed E-state index contributed by atoms with van der Waals surface area (Å²) in [4.78, 5) is 0. The quantitative estimate of drug-likeness (QED) is 0.866. The van der Waals surface area contributed by atoms with Crippen LogP contribution >= 0.6 is 0 Å². The van der Waals surface area contributed by atoms with Gasteiger partial charge in [-0.05, 0) is 24.3 Å². The van der Waals surface area contributed by atoms with E-state index in [0.29, 0.717) is 5.92 Å². The second kappa shape index (κ2) is 6.18. The topological polar surface area (TPSA) is 35.2 Å². The van der Waals surface area contributed by atoms with Crippen molar-refractivity contribution in [2.75, 3.05) is 7.11 Å². The third kappa shape index (κ3) is 3.08. The molecule has 1 aromatic carbocycles. The lowest BCUT2D eigenvalue weighted by molar-refractivity contribution is 0.0173. The molecule has 2 heteroatoms. The number of hydrogen-bond donors (Lipinski definition) is 1. The van der Waals surface area contributed by atoms with Crippen molar-refractivity contribution in [3.05, 3.63) is 35.9 Å². The van der Waals surface area contributed by atoms with Crippen molar-refractivity contribution in [1.29, 1.82) is 0 Å². The van der Waals surface area contributed by atoms with Crippen LogP contribution < -0.4 is 5.73 Å². The molecule has 2 nitrogen and oxygen atoms in total. The lowest BCUT2D eigenvalue weighted by Gasteiger charge is -2.33. The van der Waals surface area contributed by atoms with E-state index < -0.39 is 0 Å². The number of hydrogen-bond acceptors (Lipinski definition) is 2. The highest BCUT2D eigenvalue weighted by atomic mass is 16.5. The van der Waals surface area contributed by atoms with Crippen molar-refractivity contribution in [1.82, 2.24) is 0 Å². The Morgan fingerprint density at radius 3 is 2.35 bits per heavy atom. The molecule has 0 radical (unpaired) electrons. The summed E-state index contributed by atoms with van der Waals surface area (Å²) in [6.07, 6.45) is 6.71. The van der Waals surface area contributed by atoms with Gasteiger partial charge in [0.15, 0.2) is 0 Å². The molecule has 0 aliphatic heterocycles. The number of nitrogens with two attached hydrogens (primary N) is 1. The highest BCUT2D eigenvalue weighted by Gasteiger charge is 2.29. The van der Waals surface area contributed by atoms with Crippen molar-refractivity contribution in [3.63, 3.8) is 0 Å². The molecule has 0 spiro atoms. The van der Waals surface area contributed by atoms with Gasteiger partial charge in [-0.15, -0.1) is 0 Å². The maximum absolute atomic E-state index is 6.36. The summed E-state index contributed by atoms with van der Waals surface area (Å²) in [5.74, 6) is 0.629. The first-order chi connectivity index (χ1) is 8.33. The molecule has 0 amide bonds. The number of rotatable bonds is 4. The smallest absolute Gasteiger partial charge is 0.0791 e. The van der Waals surface area contributed by atoms with Crippen molar-refractivity contribution in [3.8, 4) is 0 Å². The first-order valence-corrected chi connectivity index (χ1v) is 6.66. The Labute approximate surface area is 104 Å². The highest BCUT2D eigenvalue weighted by molar-refractivity contribution is 5.20. The summed E-state index contributed by atoms with van der Waals surface area (Å²) in [7, 11) is 1.79. The summed E-state index contributed by atoms with van der Waals surface area (Å²) in [5.41, 5.74) is 7.54. The van der Waals surface area contributed by atoms with Crippen LogP contribution in [0.15, 0.2) is 30.3 Å². The van der Waals surface area contributed by atoms with Gasteiger partial charge in [-0.2, -0.15) is 0 Å². The summed E-state index contributed by atoms with van der Waals surface area (Å²) >= 11 is 0. The average Bonchev–Trinajstić information content (AvgIpc) is 2.42. The van der Waals surface area contributed by atoms with Gasteiger partial charge in [-0.3, -0.25) is 0 Å². The van der Waals surface area contributed by atoms with Crippen molar-refractivity contribution in [2.45, 2.75) is 44.2 Å². The number of ether oxygens (including phenoxy) is 1. The molecule has 1 aliphatic rings. The van der Waals surface area contributed by atoms with Crippen LogP contribution in [0.25, 0.3) is 0 Å². The van der Waals surface area contributed by atoms with Crippen LogP contribution in [0.1, 0.15) is 43.7 Å².